The highest BCUT2D eigenvalue weighted by atomic mass is 35.5. The van der Waals surface area contributed by atoms with Crippen molar-refractivity contribution >= 4 is 104 Å². The molecule has 8 heterocycles. The molecule has 0 bridgehead atoms. The number of β-amino-alcohol motifs (C(OH)–C–C–N with tert-alkyl or cyclic N) is 1. The molecule has 4 aromatic heterocycles. The Kier molecular flexibility index (Phi) is 17.0. The molecule has 5 atom stereocenters. The van der Waals surface area contributed by atoms with Crippen LogP contribution in [0.5, 0.6) is 23.0 Å². The van der Waals surface area contributed by atoms with Crippen LogP contribution in [0.2, 0.25) is 20.1 Å². The van der Waals surface area contributed by atoms with E-state index in [-0.39, 0.29) is 126 Å². The number of carbonyl (C=O) groups is 2. The van der Waals surface area contributed by atoms with Gasteiger partial charge < -0.3 is 74.4 Å². The number of nitrogens with one attached hydrogen (secondary N) is 4. The molecule has 2 amide bonds. The fourth-order valence-electron chi connectivity index (χ4n) is 10.2. The van der Waals surface area contributed by atoms with Crippen molar-refractivity contribution in [2.45, 2.75) is 43.1 Å². The number of halogens is 4. The number of rotatable bonds is 21. The number of carbonyl (C=O) groups excluding carboxylic acids is 2. The molecule has 10 rings (SSSR count). The van der Waals surface area contributed by atoms with Crippen LogP contribution in [0.1, 0.15) is 13.3 Å². The molecule has 27 heteroatoms. The highest BCUT2D eigenvalue weighted by Gasteiger charge is 2.45. The van der Waals surface area contributed by atoms with Crippen molar-refractivity contribution < 1.29 is 53.0 Å². The number of ether oxygens (including phenoxy) is 7. The van der Waals surface area contributed by atoms with E-state index >= 15 is 0 Å². The number of benzene rings is 2. The van der Waals surface area contributed by atoms with Crippen LogP contribution in [0, 0.1) is 5.41 Å². The maximum Gasteiger partial charge on any atom is 0.243 e. The zero-order valence-corrected chi connectivity index (χ0v) is 47.5. The second kappa shape index (κ2) is 24.0. The zero-order valence-electron chi connectivity index (χ0n) is 44.5. The van der Waals surface area contributed by atoms with E-state index in [0.29, 0.717) is 100 Å². The van der Waals surface area contributed by atoms with E-state index in [1.807, 2.05) is 9.80 Å². The van der Waals surface area contributed by atoms with Gasteiger partial charge in [0.15, 0.2) is 18.4 Å². The molecule has 4 aliphatic rings. The van der Waals surface area contributed by atoms with E-state index in [1.54, 1.807) is 43.6 Å². The Morgan fingerprint density at radius 2 is 1.15 bits per heavy atom. The summed E-state index contributed by atoms with van der Waals surface area (Å²) in [7, 11) is 4.42. The van der Waals surface area contributed by atoms with Crippen molar-refractivity contribution in [1.82, 2.24) is 40.5 Å². The second-order valence-corrected chi connectivity index (χ2v) is 21.8. The Morgan fingerprint density at radius 1 is 0.691 bits per heavy atom. The third-order valence-electron chi connectivity index (χ3n) is 14.5. The normalized spacial score (nSPS) is 21.2. The lowest BCUT2D eigenvalue weighted by molar-refractivity contribution is -0.118. The molecule has 2 aromatic carbocycles. The lowest BCUT2D eigenvalue weighted by Gasteiger charge is -2.49. The molecule has 4 fully saturated rings. The van der Waals surface area contributed by atoms with E-state index < -0.39 is 11.0 Å². The lowest BCUT2D eigenvalue weighted by Crippen LogP contribution is -2.61. The summed E-state index contributed by atoms with van der Waals surface area (Å²) in [5.74, 6) is 1.80. The summed E-state index contributed by atoms with van der Waals surface area (Å²) in [6, 6.07) is 5.24. The summed E-state index contributed by atoms with van der Waals surface area (Å²) < 4.78 is 40.6. The molecular weight excluding hydrogens is 1130 g/mol. The fourth-order valence-corrected chi connectivity index (χ4v) is 11.6. The minimum Gasteiger partial charge on any atom is -0.495 e. The number of hydrogen-bond donors (Lipinski definition) is 6. The quantitative estimate of drug-likeness (QED) is 0.0269. The average molecular weight is 1190 g/mol. The third kappa shape index (κ3) is 11.8. The maximum absolute atomic E-state index is 12.2. The number of aromatic nitrogens is 6. The van der Waals surface area contributed by atoms with Gasteiger partial charge >= 0.3 is 0 Å². The van der Waals surface area contributed by atoms with Crippen molar-refractivity contribution in [3.8, 4) is 45.5 Å². The molecule has 1 unspecified atom stereocenters. The van der Waals surface area contributed by atoms with Crippen LogP contribution in [0.3, 0.4) is 0 Å². The smallest absolute Gasteiger partial charge is 0.243 e. The number of pyridine rings is 2. The molecular formula is C54H58Cl4N12O11. The van der Waals surface area contributed by atoms with E-state index in [1.165, 1.54) is 33.5 Å². The fraction of sp³-hybridized carbons (Fsp3) is 0.407. The van der Waals surface area contributed by atoms with Crippen molar-refractivity contribution in [2.24, 2.45) is 5.41 Å². The van der Waals surface area contributed by atoms with Gasteiger partial charge in [-0.15, -0.1) is 0 Å². The molecule has 6 aromatic rings. The Balaban J connectivity index is 0.901. The number of hydrogen-bond acceptors (Lipinski definition) is 21. The summed E-state index contributed by atoms with van der Waals surface area (Å²) in [6.45, 7) is 10.8. The second-order valence-electron chi connectivity index (χ2n) is 20.3. The van der Waals surface area contributed by atoms with Crippen molar-refractivity contribution in [2.75, 3.05) is 114 Å². The highest BCUT2D eigenvalue weighted by molar-refractivity contribution is 6.42. The first-order chi connectivity index (χ1) is 39.0. The first-order valence-corrected chi connectivity index (χ1v) is 27.1. The van der Waals surface area contributed by atoms with Crippen LogP contribution in [0.4, 0.5) is 23.5 Å². The van der Waals surface area contributed by atoms with Gasteiger partial charge in [-0.3, -0.25) is 9.59 Å². The lowest BCUT2D eigenvalue weighted by atomic mass is 9.81. The number of anilines is 4. The maximum atomic E-state index is 12.2. The van der Waals surface area contributed by atoms with Crippen molar-refractivity contribution in [3.63, 3.8) is 0 Å². The minimum absolute atomic E-state index is 0.0444. The zero-order chi connectivity index (χ0) is 57.3. The third-order valence-corrected chi connectivity index (χ3v) is 16.0. The molecule has 0 saturated carbocycles. The van der Waals surface area contributed by atoms with Crippen LogP contribution in [0.15, 0.2) is 62.0 Å². The molecule has 0 aliphatic carbocycles. The summed E-state index contributed by atoms with van der Waals surface area (Å²) in [4.78, 5) is 57.5. The Labute approximate surface area is 485 Å². The summed E-state index contributed by atoms with van der Waals surface area (Å²) in [5.41, 5.74) is 0.546. The van der Waals surface area contributed by atoms with Gasteiger partial charge in [0.2, 0.25) is 23.7 Å². The van der Waals surface area contributed by atoms with Crippen LogP contribution in [0.25, 0.3) is 44.3 Å². The molecule has 0 spiro atoms. The molecule has 6 N–H and O–H groups in total. The van der Waals surface area contributed by atoms with Gasteiger partial charge in [0, 0.05) is 72.6 Å². The van der Waals surface area contributed by atoms with Crippen LogP contribution >= 0.6 is 46.4 Å². The minimum atomic E-state index is -0.998. The molecule has 81 heavy (non-hydrogen) atoms. The SMILES string of the molecule is C=CC(=O)N[C@H]1COC[C@H]1Nc1ncc2cc(-c3c(Cl)c(OC)cc(OC)c3Cl)nc(N3CC(CO)(COCOc4cc(OC)c(Cl)c(-c5cc6cnc(N[C@@H]7COC[C@@H]7NC(=O)C=C)nc6c(N6CCC(C)(O)C6)n5)c4Cl)C3)c2n1. The van der Waals surface area contributed by atoms with Crippen LogP contribution < -0.4 is 50.0 Å². The van der Waals surface area contributed by atoms with E-state index in [0.717, 1.165) is 0 Å². The number of nitrogens with zero attached hydrogens (tertiary/aromatic N) is 8. The molecule has 0 radical (unpaired) electrons. The molecule has 428 valence electrons. The molecule has 4 saturated heterocycles. The number of fused-ring (bicyclic) bond motifs is 2. The molecule has 4 aliphatic heterocycles. The standard InChI is InChI=1S/C54H58Cl4N12O11/c1-7-39(72)61-31-17-78-19-33(31)65-51-59-15-27-11-30(63-49(47(27)67-51)69-10-9-53(3,74)21-69)42-45(57)37(77-6)14-38(46(42)58)81-26-80-25-54(24-71)22-70(23-54)50-48-28(12-29(64-50)41-43(55)35(75-4)13-36(76-5)44(41)56)16-60-52(68-48)66-34-20-79-18-32(34)62-40(73)8-2/h7-8,11-16,31-34,71,74H,1-2,9-10,17-26H2,3-6H3,(H,61,72)(H,62,73)(H,59,65,67)(H,60,66,68)/t31-,32-,33+,34+,53?/m0/s1. The van der Waals surface area contributed by atoms with E-state index in [4.69, 9.17) is 99.5 Å². The van der Waals surface area contributed by atoms with Gasteiger partial charge in [-0.2, -0.15) is 0 Å². The predicted molar refractivity (Wildman–Crippen MR) is 307 cm³/mol. The first-order valence-electron chi connectivity index (χ1n) is 25.6. The topological polar surface area (TPSA) is 271 Å². The van der Waals surface area contributed by atoms with Gasteiger partial charge in [0.1, 0.15) is 34.0 Å². The van der Waals surface area contributed by atoms with Gasteiger partial charge in [-0.1, -0.05) is 59.6 Å². The van der Waals surface area contributed by atoms with Crippen molar-refractivity contribution in [3.05, 3.63) is 82.1 Å². The largest absolute Gasteiger partial charge is 0.495 e. The van der Waals surface area contributed by atoms with Gasteiger partial charge in [-0.05, 0) is 37.6 Å². The summed E-state index contributed by atoms with van der Waals surface area (Å²) in [6.07, 6.45) is 6.16. The van der Waals surface area contributed by atoms with E-state index in [9.17, 15) is 19.8 Å². The van der Waals surface area contributed by atoms with Crippen LogP contribution in [-0.2, 0) is 23.8 Å². The highest BCUT2D eigenvalue weighted by Crippen LogP contribution is 2.49. The monoisotopic (exact) mass is 1190 g/mol. The van der Waals surface area contributed by atoms with Gasteiger partial charge in [-0.25, -0.2) is 29.9 Å². The average Bonchev–Trinajstić information content (AvgIpc) is 4.38. The van der Waals surface area contributed by atoms with E-state index in [2.05, 4.69) is 44.4 Å². The summed E-state index contributed by atoms with van der Waals surface area (Å²) in [5, 5.41) is 36.3. The Morgan fingerprint density at radius 3 is 1.59 bits per heavy atom. The number of methoxy groups -OCH3 is 3. The first kappa shape index (κ1) is 57.4. The summed E-state index contributed by atoms with van der Waals surface area (Å²) >= 11 is 28.1. The number of aliphatic hydroxyl groups excluding tert-OH is 1. The van der Waals surface area contributed by atoms with Gasteiger partial charge in [0.05, 0.1) is 128 Å². The van der Waals surface area contributed by atoms with Gasteiger partial charge in [0.25, 0.3) is 0 Å². The van der Waals surface area contributed by atoms with Crippen LogP contribution in [-0.4, -0.2) is 176 Å². The Bertz CT molecular complexity index is 3400. The predicted octanol–water partition coefficient (Wildman–Crippen LogP) is 6.11. The van der Waals surface area contributed by atoms with Crippen molar-refractivity contribution in [1.29, 1.82) is 0 Å². The molecule has 23 nitrogen and oxygen atoms in total. The Hall–Kier alpha value is -6.80. The number of amides is 2. The number of aliphatic hydroxyl groups is 2.